The number of ether oxygens (including phenoxy) is 2. The van der Waals surface area contributed by atoms with Crippen molar-refractivity contribution in [2.24, 2.45) is 11.3 Å². The quantitative estimate of drug-likeness (QED) is 0.662. The van der Waals surface area contributed by atoms with Crippen LogP contribution in [0.3, 0.4) is 0 Å². The number of hydrogen-bond donors (Lipinski definition) is 0. The summed E-state index contributed by atoms with van der Waals surface area (Å²) in [6.07, 6.45) is 6.74. The number of benzene rings is 1. The highest BCUT2D eigenvalue weighted by molar-refractivity contribution is 5.69. The molecule has 31 heavy (non-hydrogen) atoms. The molecule has 2 atom stereocenters. The Balaban J connectivity index is 1.22. The summed E-state index contributed by atoms with van der Waals surface area (Å²) in [4.78, 5) is 16.6. The van der Waals surface area contributed by atoms with E-state index in [0.29, 0.717) is 12.0 Å². The van der Waals surface area contributed by atoms with E-state index in [1.807, 2.05) is 25.7 Å². The Bertz CT molecular complexity index is 793. The number of carbonyl (C=O) groups is 1. The second-order valence-electron chi connectivity index (χ2n) is 10.9. The molecule has 1 aromatic rings. The maximum absolute atomic E-state index is 12.3. The largest absolute Gasteiger partial charge is 0.495 e. The van der Waals surface area contributed by atoms with Gasteiger partial charge in [-0.15, -0.1) is 0 Å². The van der Waals surface area contributed by atoms with Crippen LogP contribution in [0.4, 0.5) is 4.79 Å². The maximum atomic E-state index is 12.3. The van der Waals surface area contributed by atoms with Crippen LogP contribution in [-0.2, 0) is 16.0 Å². The summed E-state index contributed by atoms with van der Waals surface area (Å²) in [7, 11) is 0. The van der Waals surface area contributed by atoms with Gasteiger partial charge in [0.05, 0.1) is 5.76 Å². The van der Waals surface area contributed by atoms with Crippen LogP contribution in [0.2, 0.25) is 0 Å². The third kappa shape index (κ3) is 5.62. The van der Waals surface area contributed by atoms with Gasteiger partial charge in [-0.1, -0.05) is 37.3 Å². The van der Waals surface area contributed by atoms with E-state index in [9.17, 15) is 4.79 Å². The van der Waals surface area contributed by atoms with Crippen LogP contribution in [0.25, 0.3) is 0 Å². The zero-order valence-corrected chi connectivity index (χ0v) is 19.6. The monoisotopic (exact) mass is 426 g/mol. The molecule has 0 N–H and O–H groups in total. The number of rotatable bonds is 4. The van der Waals surface area contributed by atoms with Crippen LogP contribution < -0.4 is 0 Å². The summed E-state index contributed by atoms with van der Waals surface area (Å²) in [6, 6.07) is 10.7. The molecule has 5 heteroatoms. The van der Waals surface area contributed by atoms with Crippen LogP contribution in [-0.4, -0.2) is 53.8 Å². The fraction of sp³-hybridized carbons (Fsp3) is 0.654. The standard InChI is InChI=1S/C26H38N2O3/c1-20-16-26(18-28(19-26)24(29)31-25(2,3)4)13-10-23(20)30-22-11-14-27(15-12-22)17-21-8-6-5-7-9-21/h5-9,11,20,23H,10,12-19H2,1-4H3/t20-,23-/m1/s1. The second kappa shape index (κ2) is 8.85. The highest BCUT2D eigenvalue weighted by Crippen LogP contribution is 2.47. The van der Waals surface area contributed by atoms with Gasteiger partial charge in [0, 0.05) is 44.6 Å². The molecule has 0 unspecified atom stereocenters. The zero-order chi connectivity index (χ0) is 22.1. The lowest BCUT2D eigenvalue weighted by Crippen LogP contribution is -2.61. The lowest BCUT2D eigenvalue weighted by Gasteiger charge is -2.54. The number of nitrogens with zero attached hydrogens (tertiary/aromatic N) is 2. The van der Waals surface area contributed by atoms with Gasteiger partial charge in [-0.05, 0) is 57.6 Å². The number of hydrogen-bond acceptors (Lipinski definition) is 4. The maximum Gasteiger partial charge on any atom is 0.410 e. The fourth-order valence-electron chi connectivity index (χ4n) is 5.31. The molecule has 2 fully saturated rings. The Labute approximate surface area is 187 Å². The van der Waals surface area contributed by atoms with E-state index >= 15 is 0 Å². The summed E-state index contributed by atoms with van der Waals surface area (Å²) in [5.41, 5.74) is 1.21. The third-order valence-corrected chi connectivity index (χ3v) is 6.86. The molecule has 3 aliphatic rings. The molecule has 2 aliphatic heterocycles. The van der Waals surface area contributed by atoms with E-state index in [2.05, 4.69) is 48.2 Å². The van der Waals surface area contributed by atoms with Gasteiger partial charge in [0.1, 0.15) is 11.7 Å². The molecule has 0 bridgehead atoms. The smallest absolute Gasteiger partial charge is 0.410 e. The van der Waals surface area contributed by atoms with E-state index in [-0.39, 0.29) is 11.5 Å². The van der Waals surface area contributed by atoms with E-state index in [4.69, 9.17) is 9.47 Å². The molecule has 1 saturated heterocycles. The average molecular weight is 427 g/mol. The molecule has 1 saturated carbocycles. The molecule has 0 radical (unpaired) electrons. The molecule has 1 aromatic carbocycles. The highest BCUT2D eigenvalue weighted by Gasteiger charge is 2.50. The van der Waals surface area contributed by atoms with Gasteiger partial charge in [0.15, 0.2) is 0 Å². The molecular formula is C26H38N2O3. The fourth-order valence-corrected chi connectivity index (χ4v) is 5.31. The van der Waals surface area contributed by atoms with E-state index < -0.39 is 5.60 Å². The molecule has 170 valence electrons. The Morgan fingerprint density at radius 2 is 1.94 bits per heavy atom. The van der Waals surface area contributed by atoms with Gasteiger partial charge in [-0.25, -0.2) is 4.79 Å². The van der Waals surface area contributed by atoms with Gasteiger partial charge in [-0.3, -0.25) is 4.90 Å². The topological polar surface area (TPSA) is 42.0 Å². The predicted molar refractivity (Wildman–Crippen MR) is 123 cm³/mol. The Morgan fingerprint density at radius 3 is 2.55 bits per heavy atom. The first-order valence-electron chi connectivity index (χ1n) is 11.8. The molecule has 1 aliphatic carbocycles. The van der Waals surface area contributed by atoms with E-state index in [0.717, 1.165) is 58.4 Å². The lowest BCUT2D eigenvalue weighted by atomic mass is 9.64. The van der Waals surface area contributed by atoms with Gasteiger partial charge in [0.2, 0.25) is 0 Å². The van der Waals surface area contributed by atoms with Crippen LogP contribution in [0.1, 0.15) is 58.9 Å². The summed E-state index contributed by atoms with van der Waals surface area (Å²) < 4.78 is 12.0. The molecule has 0 aromatic heterocycles. The molecule has 1 amide bonds. The van der Waals surface area contributed by atoms with E-state index in [1.54, 1.807) is 0 Å². The first-order valence-corrected chi connectivity index (χ1v) is 11.8. The normalized spacial score (nSPS) is 26.2. The first kappa shape index (κ1) is 22.2. The van der Waals surface area contributed by atoms with Gasteiger partial charge >= 0.3 is 6.09 Å². The van der Waals surface area contributed by atoms with Crippen LogP contribution in [0.15, 0.2) is 42.2 Å². The molecule has 2 heterocycles. The van der Waals surface area contributed by atoms with Crippen molar-refractivity contribution in [3.05, 3.63) is 47.7 Å². The molecule has 4 rings (SSSR count). The average Bonchev–Trinajstić information content (AvgIpc) is 2.68. The van der Waals surface area contributed by atoms with Gasteiger partial charge < -0.3 is 14.4 Å². The lowest BCUT2D eigenvalue weighted by molar-refractivity contribution is -0.0869. The van der Waals surface area contributed by atoms with Crippen LogP contribution in [0.5, 0.6) is 0 Å². The second-order valence-corrected chi connectivity index (χ2v) is 10.9. The highest BCUT2D eigenvalue weighted by atomic mass is 16.6. The summed E-state index contributed by atoms with van der Waals surface area (Å²) in [5, 5.41) is 0. The van der Waals surface area contributed by atoms with Crippen molar-refractivity contribution in [3.8, 4) is 0 Å². The Kier molecular flexibility index (Phi) is 6.34. The van der Waals surface area contributed by atoms with Gasteiger partial charge in [-0.2, -0.15) is 0 Å². The summed E-state index contributed by atoms with van der Waals surface area (Å²) in [5.74, 6) is 1.68. The van der Waals surface area contributed by atoms with Crippen molar-refractivity contribution in [1.82, 2.24) is 9.80 Å². The molecule has 5 nitrogen and oxygen atoms in total. The number of likely N-dealkylation sites (tertiary alicyclic amines) is 1. The molecular weight excluding hydrogens is 388 g/mol. The summed E-state index contributed by atoms with van der Waals surface area (Å²) in [6.45, 7) is 12.8. The Hall–Kier alpha value is -2.01. The van der Waals surface area contributed by atoms with Crippen molar-refractivity contribution >= 4 is 6.09 Å². The molecule has 1 spiro atoms. The van der Waals surface area contributed by atoms with Crippen molar-refractivity contribution in [3.63, 3.8) is 0 Å². The van der Waals surface area contributed by atoms with Crippen molar-refractivity contribution in [2.75, 3.05) is 26.2 Å². The summed E-state index contributed by atoms with van der Waals surface area (Å²) >= 11 is 0. The minimum Gasteiger partial charge on any atom is -0.495 e. The van der Waals surface area contributed by atoms with Crippen LogP contribution in [0, 0.1) is 11.3 Å². The predicted octanol–water partition coefficient (Wildman–Crippen LogP) is 5.22. The van der Waals surface area contributed by atoms with Crippen molar-refractivity contribution in [2.45, 2.75) is 71.6 Å². The van der Waals surface area contributed by atoms with Crippen LogP contribution >= 0.6 is 0 Å². The minimum absolute atomic E-state index is 0.170. The van der Waals surface area contributed by atoms with Gasteiger partial charge in [0.25, 0.3) is 0 Å². The third-order valence-electron chi connectivity index (χ3n) is 6.86. The minimum atomic E-state index is -0.428. The van der Waals surface area contributed by atoms with Crippen molar-refractivity contribution < 1.29 is 14.3 Å². The SMILES string of the molecule is C[C@@H]1CC2(CC[C@H]1OC1=CCN(Cc3ccccc3)CC1)CN(C(=O)OC(C)(C)C)C2. The number of amides is 1. The first-order chi connectivity index (χ1) is 14.7. The van der Waals surface area contributed by atoms with Crippen molar-refractivity contribution in [1.29, 1.82) is 0 Å². The van der Waals surface area contributed by atoms with E-state index in [1.165, 1.54) is 11.3 Å². The number of carbonyl (C=O) groups excluding carboxylic acids is 1. The zero-order valence-electron chi connectivity index (χ0n) is 19.6. The Morgan fingerprint density at radius 1 is 1.19 bits per heavy atom.